The van der Waals surface area contributed by atoms with E-state index in [0.717, 1.165) is 44.2 Å². The van der Waals surface area contributed by atoms with Crippen LogP contribution in [-0.4, -0.2) is 44.8 Å². The quantitative estimate of drug-likeness (QED) is 0.572. The third-order valence-electron chi connectivity index (χ3n) is 6.21. The number of imidazole rings is 1. The van der Waals surface area contributed by atoms with Crippen molar-refractivity contribution in [2.45, 2.75) is 56.7 Å². The van der Waals surface area contributed by atoms with Crippen molar-refractivity contribution in [2.24, 2.45) is 5.73 Å². The summed E-state index contributed by atoms with van der Waals surface area (Å²) < 4.78 is 21.9. The second-order valence-electron chi connectivity index (χ2n) is 8.41. The van der Waals surface area contributed by atoms with Gasteiger partial charge in [0.25, 0.3) is 0 Å². The van der Waals surface area contributed by atoms with Gasteiger partial charge in [0.05, 0.1) is 11.9 Å². The predicted octanol–water partition coefficient (Wildman–Crippen LogP) is 3.74. The SMILES string of the molecule is N[C@H]1CC[C@H](Nc2ncc3nc(Nc4ccccc4F)n(C4CCOCC4)c3n2)CC1. The second-order valence-corrected chi connectivity index (χ2v) is 8.41. The number of fused-ring (bicyclic) bond motifs is 1. The molecular formula is C22H28FN7O. The van der Waals surface area contributed by atoms with Crippen LogP contribution in [0.25, 0.3) is 11.2 Å². The van der Waals surface area contributed by atoms with E-state index >= 15 is 0 Å². The summed E-state index contributed by atoms with van der Waals surface area (Å²) in [6, 6.07) is 7.39. The van der Waals surface area contributed by atoms with E-state index in [1.165, 1.54) is 6.07 Å². The maximum Gasteiger partial charge on any atom is 0.224 e. The molecule has 5 rings (SSSR count). The number of anilines is 3. The van der Waals surface area contributed by atoms with Gasteiger partial charge in [0.15, 0.2) is 5.65 Å². The zero-order valence-corrected chi connectivity index (χ0v) is 17.4. The van der Waals surface area contributed by atoms with Crippen molar-refractivity contribution in [2.75, 3.05) is 23.8 Å². The number of rotatable bonds is 5. The Morgan fingerprint density at radius 3 is 2.58 bits per heavy atom. The molecule has 1 aliphatic carbocycles. The molecule has 1 aromatic carbocycles. The molecule has 164 valence electrons. The lowest BCUT2D eigenvalue weighted by atomic mass is 9.92. The van der Waals surface area contributed by atoms with E-state index in [1.807, 2.05) is 0 Å². The Morgan fingerprint density at radius 1 is 1.03 bits per heavy atom. The van der Waals surface area contributed by atoms with Crippen LogP contribution in [0.3, 0.4) is 0 Å². The van der Waals surface area contributed by atoms with Gasteiger partial charge < -0.3 is 21.1 Å². The molecule has 9 heteroatoms. The Labute approximate surface area is 180 Å². The van der Waals surface area contributed by atoms with Gasteiger partial charge in [-0.25, -0.2) is 14.4 Å². The highest BCUT2D eigenvalue weighted by molar-refractivity contribution is 5.76. The minimum atomic E-state index is -0.322. The third-order valence-corrected chi connectivity index (χ3v) is 6.21. The normalized spacial score (nSPS) is 22.5. The molecule has 31 heavy (non-hydrogen) atoms. The first-order chi connectivity index (χ1) is 15.2. The van der Waals surface area contributed by atoms with Gasteiger partial charge in [0.1, 0.15) is 11.3 Å². The highest BCUT2D eigenvalue weighted by Gasteiger charge is 2.25. The molecule has 3 aromatic rings. The number of nitrogens with two attached hydrogens (primary N) is 1. The molecule has 0 bridgehead atoms. The summed E-state index contributed by atoms with van der Waals surface area (Å²) >= 11 is 0. The fourth-order valence-corrected chi connectivity index (χ4v) is 4.47. The van der Waals surface area contributed by atoms with E-state index in [1.54, 1.807) is 24.4 Å². The summed E-state index contributed by atoms with van der Waals surface area (Å²) in [5.74, 6) is 0.845. The van der Waals surface area contributed by atoms with Crippen LogP contribution >= 0.6 is 0 Å². The van der Waals surface area contributed by atoms with Crippen LogP contribution in [0.4, 0.5) is 22.0 Å². The summed E-state index contributed by atoms with van der Waals surface area (Å²) in [5, 5.41) is 6.63. The fourth-order valence-electron chi connectivity index (χ4n) is 4.47. The van der Waals surface area contributed by atoms with Crippen molar-refractivity contribution in [3.8, 4) is 0 Å². The van der Waals surface area contributed by atoms with E-state index in [0.29, 0.717) is 48.4 Å². The average molecular weight is 426 g/mol. The average Bonchev–Trinajstić information content (AvgIpc) is 3.15. The first kappa shape index (κ1) is 20.1. The number of aromatic nitrogens is 4. The molecule has 1 aliphatic heterocycles. The number of ether oxygens (including phenoxy) is 1. The molecule has 0 unspecified atom stereocenters. The van der Waals surface area contributed by atoms with Gasteiger partial charge in [-0.1, -0.05) is 12.1 Å². The lowest BCUT2D eigenvalue weighted by Crippen LogP contribution is -2.33. The summed E-state index contributed by atoms with van der Waals surface area (Å²) in [5.41, 5.74) is 7.84. The lowest BCUT2D eigenvalue weighted by molar-refractivity contribution is 0.0710. The highest BCUT2D eigenvalue weighted by atomic mass is 19.1. The van der Waals surface area contributed by atoms with Crippen molar-refractivity contribution < 1.29 is 9.13 Å². The van der Waals surface area contributed by atoms with Gasteiger partial charge >= 0.3 is 0 Å². The summed E-state index contributed by atoms with van der Waals surface area (Å²) in [7, 11) is 0. The maximum absolute atomic E-state index is 14.3. The molecule has 0 spiro atoms. The summed E-state index contributed by atoms with van der Waals surface area (Å²) in [4.78, 5) is 14.0. The van der Waals surface area contributed by atoms with E-state index in [4.69, 9.17) is 20.4 Å². The molecule has 0 radical (unpaired) electrons. The Morgan fingerprint density at radius 2 is 1.81 bits per heavy atom. The molecule has 2 aliphatic rings. The topological polar surface area (TPSA) is 103 Å². The summed E-state index contributed by atoms with van der Waals surface area (Å²) in [6.07, 6.45) is 7.49. The first-order valence-electron chi connectivity index (χ1n) is 11.0. The smallest absolute Gasteiger partial charge is 0.224 e. The number of benzene rings is 1. The monoisotopic (exact) mass is 425 g/mol. The van der Waals surface area contributed by atoms with E-state index in [-0.39, 0.29) is 11.9 Å². The van der Waals surface area contributed by atoms with Crippen LogP contribution in [0.1, 0.15) is 44.6 Å². The van der Waals surface area contributed by atoms with Gasteiger partial charge in [0.2, 0.25) is 11.9 Å². The Kier molecular flexibility index (Phi) is 5.69. The van der Waals surface area contributed by atoms with Gasteiger partial charge in [-0.3, -0.25) is 4.57 Å². The molecule has 1 saturated heterocycles. The van der Waals surface area contributed by atoms with Gasteiger partial charge in [-0.05, 0) is 50.7 Å². The number of nitrogens with one attached hydrogen (secondary N) is 2. The maximum atomic E-state index is 14.3. The fraction of sp³-hybridized carbons (Fsp3) is 0.500. The molecule has 4 N–H and O–H groups in total. The molecular weight excluding hydrogens is 397 g/mol. The largest absolute Gasteiger partial charge is 0.381 e. The van der Waals surface area contributed by atoms with Crippen LogP contribution < -0.4 is 16.4 Å². The van der Waals surface area contributed by atoms with Gasteiger partial charge in [-0.15, -0.1) is 0 Å². The predicted molar refractivity (Wildman–Crippen MR) is 118 cm³/mol. The number of para-hydroxylation sites is 1. The zero-order chi connectivity index (χ0) is 21.2. The van der Waals surface area contributed by atoms with E-state index < -0.39 is 0 Å². The minimum Gasteiger partial charge on any atom is -0.381 e. The number of halogens is 1. The first-order valence-corrected chi connectivity index (χ1v) is 11.0. The van der Waals surface area contributed by atoms with Crippen molar-refractivity contribution >= 4 is 28.7 Å². The van der Waals surface area contributed by atoms with Crippen LogP contribution in [0.2, 0.25) is 0 Å². The van der Waals surface area contributed by atoms with E-state index in [9.17, 15) is 4.39 Å². The second kappa shape index (κ2) is 8.76. The van der Waals surface area contributed by atoms with Crippen LogP contribution in [0, 0.1) is 5.82 Å². The molecule has 2 aromatic heterocycles. The van der Waals surface area contributed by atoms with Crippen molar-refractivity contribution in [1.82, 2.24) is 19.5 Å². The number of hydrogen-bond acceptors (Lipinski definition) is 7. The standard InChI is InChI=1S/C22H28FN7O/c23-17-3-1-2-4-18(17)27-22-28-19-13-25-21(26-15-7-5-14(24)6-8-15)29-20(19)30(22)16-9-11-31-12-10-16/h1-4,13-16H,5-12,24H2,(H,27,28)(H,25,26,29)/t14-,15-. The lowest BCUT2D eigenvalue weighted by Gasteiger charge is -2.27. The Balaban J connectivity index is 1.49. The molecule has 0 atom stereocenters. The van der Waals surface area contributed by atoms with E-state index in [2.05, 4.69) is 20.2 Å². The summed E-state index contributed by atoms with van der Waals surface area (Å²) in [6.45, 7) is 1.37. The van der Waals surface area contributed by atoms with Crippen LogP contribution in [-0.2, 0) is 4.74 Å². The van der Waals surface area contributed by atoms with Gasteiger partial charge in [0, 0.05) is 31.3 Å². The van der Waals surface area contributed by atoms with Crippen LogP contribution in [0.15, 0.2) is 30.5 Å². The van der Waals surface area contributed by atoms with Gasteiger partial charge in [-0.2, -0.15) is 4.98 Å². The van der Waals surface area contributed by atoms with Crippen molar-refractivity contribution in [3.05, 3.63) is 36.3 Å². The molecule has 3 heterocycles. The molecule has 8 nitrogen and oxygen atoms in total. The molecule has 2 fully saturated rings. The minimum absolute atomic E-state index is 0.170. The molecule has 1 saturated carbocycles. The Hall–Kier alpha value is -2.78. The molecule has 0 amide bonds. The Bertz CT molecular complexity index is 1040. The van der Waals surface area contributed by atoms with Crippen molar-refractivity contribution in [3.63, 3.8) is 0 Å². The third kappa shape index (κ3) is 4.33. The van der Waals surface area contributed by atoms with Crippen LogP contribution in [0.5, 0.6) is 0 Å². The number of hydrogen-bond donors (Lipinski definition) is 3. The van der Waals surface area contributed by atoms with Crippen molar-refractivity contribution in [1.29, 1.82) is 0 Å². The highest BCUT2D eigenvalue weighted by Crippen LogP contribution is 2.32. The zero-order valence-electron chi connectivity index (χ0n) is 17.4. The number of nitrogens with zero attached hydrogens (tertiary/aromatic N) is 4.